The normalized spacial score (nSPS) is 15.0. The maximum absolute atomic E-state index is 12.3. The number of piperazine rings is 1. The van der Waals surface area contributed by atoms with Crippen LogP contribution >= 0.6 is 0 Å². The van der Waals surface area contributed by atoms with E-state index < -0.39 is 0 Å². The first-order chi connectivity index (χ1) is 12.8. The van der Waals surface area contributed by atoms with Crippen LogP contribution in [0.2, 0.25) is 0 Å². The van der Waals surface area contributed by atoms with Gasteiger partial charge < -0.3 is 24.3 Å². The summed E-state index contributed by atoms with van der Waals surface area (Å²) < 4.78 is 10.8. The van der Waals surface area contributed by atoms with Crippen LogP contribution in [0.15, 0.2) is 52.3 Å². The fourth-order valence-electron chi connectivity index (χ4n) is 2.77. The molecule has 0 spiro atoms. The average molecular weight is 357 g/mol. The van der Waals surface area contributed by atoms with Crippen molar-refractivity contribution in [2.45, 2.75) is 0 Å². The van der Waals surface area contributed by atoms with Crippen molar-refractivity contribution in [2.75, 3.05) is 46.4 Å². The molecule has 138 valence electrons. The van der Waals surface area contributed by atoms with Gasteiger partial charge in [-0.05, 0) is 24.3 Å². The fraction of sp³-hybridized carbons (Fsp3) is 0.389. The van der Waals surface area contributed by atoms with E-state index in [1.54, 1.807) is 36.5 Å². The van der Waals surface area contributed by atoms with Crippen LogP contribution < -0.4 is 10.1 Å². The molecule has 0 atom stereocenters. The molecule has 1 aliphatic rings. The smallest absolute Gasteiger partial charge is 0.289 e. The number of pyridine rings is 1. The highest BCUT2D eigenvalue weighted by atomic mass is 16.5. The van der Waals surface area contributed by atoms with Crippen molar-refractivity contribution in [2.24, 2.45) is 4.99 Å². The Hall–Kier alpha value is -3.03. The van der Waals surface area contributed by atoms with E-state index in [0.29, 0.717) is 32.0 Å². The maximum atomic E-state index is 12.3. The Morgan fingerprint density at radius 1 is 1.27 bits per heavy atom. The zero-order valence-corrected chi connectivity index (χ0v) is 14.8. The van der Waals surface area contributed by atoms with E-state index in [9.17, 15) is 4.79 Å². The molecular weight excluding hydrogens is 334 g/mol. The molecule has 26 heavy (non-hydrogen) atoms. The Labute approximate surface area is 152 Å². The Kier molecular flexibility index (Phi) is 6.08. The quantitative estimate of drug-likeness (QED) is 0.490. The van der Waals surface area contributed by atoms with Gasteiger partial charge in [-0.3, -0.25) is 14.8 Å². The number of amides is 1. The minimum absolute atomic E-state index is 0.0672. The average Bonchev–Trinajstić information content (AvgIpc) is 3.23. The van der Waals surface area contributed by atoms with E-state index in [1.165, 1.54) is 6.26 Å². The van der Waals surface area contributed by atoms with Crippen LogP contribution in [0.25, 0.3) is 0 Å². The van der Waals surface area contributed by atoms with Crippen LogP contribution in [0.4, 0.5) is 0 Å². The third kappa shape index (κ3) is 4.53. The molecular formula is C18H23N5O3. The molecule has 2 aromatic rings. The lowest BCUT2D eigenvalue weighted by atomic mass is 10.3. The van der Waals surface area contributed by atoms with Gasteiger partial charge in [-0.1, -0.05) is 0 Å². The number of hydrogen-bond acceptors (Lipinski definition) is 5. The monoisotopic (exact) mass is 357 g/mol. The molecule has 8 heteroatoms. The standard InChI is InChI=1S/C18H23N5O3/c1-19-18(21-7-13-25-15-4-2-6-20-14-15)23-10-8-22(9-11-23)17(24)16-5-3-12-26-16/h2-6,12,14H,7-11,13H2,1H3,(H,19,21). The molecule has 3 rings (SSSR count). The number of aliphatic imine (C=N–C) groups is 1. The van der Waals surface area contributed by atoms with E-state index in [4.69, 9.17) is 9.15 Å². The zero-order chi connectivity index (χ0) is 18.2. The molecule has 0 aromatic carbocycles. The first kappa shape index (κ1) is 17.8. The van der Waals surface area contributed by atoms with E-state index in [2.05, 4.69) is 20.2 Å². The second kappa shape index (κ2) is 8.89. The summed E-state index contributed by atoms with van der Waals surface area (Å²) in [4.78, 5) is 24.6. The number of guanidine groups is 1. The number of carbonyl (C=O) groups excluding carboxylic acids is 1. The first-order valence-corrected chi connectivity index (χ1v) is 8.59. The molecule has 0 unspecified atom stereocenters. The van der Waals surface area contributed by atoms with Gasteiger partial charge in [0.25, 0.3) is 5.91 Å². The highest BCUT2D eigenvalue weighted by Gasteiger charge is 2.24. The molecule has 3 heterocycles. The van der Waals surface area contributed by atoms with Gasteiger partial charge in [0, 0.05) is 39.4 Å². The Morgan fingerprint density at radius 3 is 2.73 bits per heavy atom. The molecule has 1 N–H and O–H groups in total. The van der Waals surface area contributed by atoms with Crippen molar-refractivity contribution >= 4 is 11.9 Å². The summed E-state index contributed by atoms with van der Waals surface area (Å²) in [5, 5.41) is 3.29. The van der Waals surface area contributed by atoms with E-state index in [0.717, 1.165) is 24.8 Å². The SMILES string of the molecule is CN=C(NCCOc1cccnc1)N1CCN(C(=O)c2ccco2)CC1. The molecule has 0 bridgehead atoms. The Balaban J connectivity index is 1.41. The second-order valence-electron chi connectivity index (χ2n) is 5.77. The van der Waals surface area contributed by atoms with Crippen molar-refractivity contribution in [3.8, 4) is 5.75 Å². The second-order valence-corrected chi connectivity index (χ2v) is 5.77. The van der Waals surface area contributed by atoms with E-state index >= 15 is 0 Å². The summed E-state index contributed by atoms with van der Waals surface area (Å²) in [6.07, 6.45) is 4.91. The molecule has 8 nitrogen and oxygen atoms in total. The molecule has 0 radical (unpaired) electrons. The minimum Gasteiger partial charge on any atom is -0.490 e. The van der Waals surface area contributed by atoms with Gasteiger partial charge in [0.15, 0.2) is 11.7 Å². The number of ether oxygens (including phenoxy) is 1. The predicted octanol–water partition coefficient (Wildman–Crippen LogP) is 1.09. The van der Waals surface area contributed by atoms with E-state index in [-0.39, 0.29) is 5.91 Å². The van der Waals surface area contributed by atoms with Crippen LogP contribution in [0.5, 0.6) is 5.75 Å². The third-order valence-corrected chi connectivity index (χ3v) is 4.10. The van der Waals surface area contributed by atoms with Crippen molar-refractivity contribution in [3.63, 3.8) is 0 Å². The molecule has 0 saturated carbocycles. The molecule has 1 saturated heterocycles. The minimum atomic E-state index is -0.0672. The van der Waals surface area contributed by atoms with E-state index in [1.807, 2.05) is 12.1 Å². The highest BCUT2D eigenvalue weighted by Crippen LogP contribution is 2.09. The van der Waals surface area contributed by atoms with Crippen molar-refractivity contribution < 1.29 is 13.9 Å². The summed E-state index contributed by atoms with van der Waals surface area (Å²) in [6.45, 7) is 3.85. The summed E-state index contributed by atoms with van der Waals surface area (Å²) in [5.74, 6) is 1.87. The number of rotatable bonds is 5. The van der Waals surface area contributed by atoms with Crippen LogP contribution in [-0.2, 0) is 0 Å². The first-order valence-electron chi connectivity index (χ1n) is 8.59. The predicted molar refractivity (Wildman–Crippen MR) is 97.3 cm³/mol. The Morgan fingerprint density at radius 2 is 2.08 bits per heavy atom. The largest absolute Gasteiger partial charge is 0.490 e. The lowest BCUT2D eigenvalue weighted by Crippen LogP contribution is -2.54. The number of nitrogens with one attached hydrogen (secondary N) is 1. The van der Waals surface area contributed by atoms with Crippen molar-refractivity contribution in [3.05, 3.63) is 48.7 Å². The highest BCUT2D eigenvalue weighted by molar-refractivity contribution is 5.91. The van der Waals surface area contributed by atoms with Gasteiger partial charge in [-0.2, -0.15) is 0 Å². The maximum Gasteiger partial charge on any atom is 0.289 e. The zero-order valence-electron chi connectivity index (χ0n) is 14.8. The van der Waals surface area contributed by atoms with Crippen LogP contribution in [0.1, 0.15) is 10.6 Å². The lowest BCUT2D eigenvalue weighted by molar-refractivity contribution is 0.0657. The van der Waals surface area contributed by atoms with Crippen molar-refractivity contribution in [1.82, 2.24) is 20.1 Å². The fourth-order valence-corrected chi connectivity index (χ4v) is 2.77. The molecule has 1 amide bonds. The Bertz CT molecular complexity index is 710. The van der Waals surface area contributed by atoms with Gasteiger partial charge in [0.05, 0.1) is 19.0 Å². The number of carbonyl (C=O) groups is 1. The summed E-state index contributed by atoms with van der Waals surface area (Å²) in [7, 11) is 1.75. The van der Waals surface area contributed by atoms with Gasteiger partial charge in [-0.15, -0.1) is 0 Å². The van der Waals surface area contributed by atoms with Crippen LogP contribution in [-0.4, -0.2) is 73.0 Å². The van der Waals surface area contributed by atoms with Gasteiger partial charge in [0.1, 0.15) is 12.4 Å². The lowest BCUT2D eigenvalue weighted by Gasteiger charge is -2.36. The summed E-state index contributed by atoms with van der Waals surface area (Å²) in [5.41, 5.74) is 0. The number of furan rings is 1. The summed E-state index contributed by atoms with van der Waals surface area (Å²) in [6, 6.07) is 7.13. The number of aromatic nitrogens is 1. The van der Waals surface area contributed by atoms with Crippen molar-refractivity contribution in [1.29, 1.82) is 0 Å². The topological polar surface area (TPSA) is 83.2 Å². The van der Waals surface area contributed by atoms with Crippen LogP contribution in [0, 0.1) is 0 Å². The number of nitrogens with zero attached hydrogens (tertiary/aromatic N) is 4. The third-order valence-electron chi connectivity index (χ3n) is 4.10. The van der Waals surface area contributed by atoms with Gasteiger partial charge >= 0.3 is 0 Å². The molecule has 1 fully saturated rings. The molecule has 0 aliphatic carbocycles. The molecule has 1 aliphatic heterocycles. The van der Waals surface area contributed by atoms with Gasteiger partial charge in [-0.25, -0.2) is 0 Å². The number of hydrogen-bond donors (Lipinski definition) is 1. The summed E-state index contributed by atoms with van der Waals surface area (Å²) >= 11 is 0. The molecule has 2 aromatic heterocycles. The van der Waals surface area contributed by atoms with Gasteiger partial charge in [0.2, 0.25) is 0 Å². The van der Waals surface area contributed by atoms with Crippen LogP contribution in [0.3, 0.4) is 0 Å².